The van der Waals surface area contributed by atoms with E-state index in [0.29, 0.717) is 28.7 Å². The largest absolute Gasteiger partial charge is 0.409 e. The first-order valence-electron chi connectivity index (χ1n) is 12.5. The molecule has 0 saturated carbocycles. The second-order valence-corrected chi connectivity index (χ2v) is 10.7. The number of hydrogen-bond donors (Lipinski definition) is 2. The molecule has 2 N–H and O–H groups in total. The number of carbonyl (C=O) groups is 2. The van der Waals surface area contributed by atoms with E-state index in [-0.39, 0.29) is 24.9 Å². The van der Waals surface area contributed by atoms with E-state index in [1.807, 2.05) is 0 Å². The van der Waals surface area contributed by atoms with Crippen LogP contribution in [0.1, 0.15) is 66.0 Å². The van der Waals surface area contributed by atoms with Gasteiger partial charge in [0.1, 0.15) is 0 Å². The van der Waals surface area contributed by atoms with Crippen LogP contribution in [-0.2, 0) is 13.1 Å². The lowest BCUT2D eigenvalue weighted by Gasteiger charge is -2.36. The Morgan fingerprint density at radius 3 is 1.20 bits per heavy atom. The smallest absolute Gasteiger partial charge is 0.347 e. The number of carbonyl (C=O) groups excluding carboxylic acids is 2. The molecule has 2 aromatic rings. The minimum absolute atomic E-state index is 0.0484. The van der Waals surface area contributed by atoms with Gasteiger partial charge in [0.2, 0.25) is 0 Å². The average molecular weight is 587 g/mol. The van der Waals surface area contributed by atoms with Crippen molar-refractivity contribution in [2.24, 2.45) is 20.5 Å². The molecule has 0 bridgehead atoms. The Hall–Kier alpha value is -3.84. The van der Waals surface area contributed by atoms with Crippen molar-refractivity contribution in [3.8, 4) is 0 Å². The van der Waals surface area contributed by atoms with Gasteiger partial charge in [-0.05, 0) is 69.5 Å². The number of benzene rings is 2. The predicted molar refractivity (Wildman–Crippen MR) is 140 cm³/mol. The van der Waals surface area contributed by atoms with Crippen LogP contribution in [0.2, 0.25) is 0 Å². The van der Waals surface area contributed by atoms with Crippen molar-refractivity contribution in [1.29, 1.82) is 0 Å². The molecule has 0 spiro atoms. The second-order valence-electron chi connectivity index (χ2n) is 10.7. The molecule has 0 heterocycles. The molecule has 0 saturated heterocycles. The zero-order valence-corrected chi connectivity index (χ0v) is 23.0. The van der Waals surface area contributed by atoms with Crippen molar-refractivity contribution in [3.05, 3.63) is 70.8 Å². The number of nitrogens with zero attached hydrogens (tertiary/aromatic N) is 4. The maximum absolute atomic E-state index is 12.8. The van der Waals surface area contributed by atoms with Gasteiger partial charge in [-0.25, -0.2) is 0 Å². The number of nitrogens with one attached hydrogen (secondary N) is 2. The Kier molecular flexibility index (Phi) is 11.1. The molecule has 2 aromatic carbocycles. The summed E-state index contributed by atoms with van der Waals surface area (Å²) in [7, 11) is 0. The molecule has 0 aliphatic rings. The Balaban J connectivity index is 1.90. The Labute approximate surface area is 233 Å². The molecule has 0 aliphatic heterocycles. The first-order chi connectivity index (χ1) is 18.8. The van der Waals surface area contributed by atoms with E-state index in [9.17, 15) is 35.9 Å². The highest BCUT2D eigenvalue weighted by molar-refractivity contribution is 5.95. The molecular formula is C27H32F6N6O2. The first-order valence-corrected chi connectivity index (χ1v) is 12.5. The Morgan fingerprint density at radius 2 is 0.902 bits per heavy atom. The summed E-state index contributed by atoms with van der Waals surface area (Å²) in [5, 5.41) is 19.0. The topological polar surface area (TPSA) is 108 Å². The van der Waals surface area contributed by atoms with Gasteiger partial charge in [0.05, 0.1) is 13.1 Å². The maximum Gasteiger partial charge on any atom is 0.409 e. The number of amides is 2. The molecule has 0 aromatic heterocycles. The number of halogens is 6. The highest BCUT2D eigenvalue weighted by atomic mass is 19.4. The summed E-state index contributed by atoms with van der Waals surface area (Å²) < 4.78 is 72.8. The van der Waals surface area contributed by atoms with Gasteiger partial charge in [0.25, 0.3) is 11.8 Å². The monoisotopic (exact) mass is 586 g/mol. The van der Waals surface area contributed by atoms with Gasteiger partial charge < -0.3 is 10.6 Å². The van der Waals surface area contributed by atoms with Crippen LogP contribution >= 0.6 is 0 Å². The molecule has 0 fully saturated rings. The Morgan fingerprint density at radius 1 is 0.585 bits per heavy atom. The van der Waals surface area contributed by atoms with Crippen LogP contribution in [0.4, 0.5) is 26.3 Å². The molecule has 41 heavy (non-hydrogen) atoms. The summed E-state index contributed by atoms with van der Waals surface area (Å²) in [6.07, 6.45) is -8.48. The standard InChI is InChI=1S/C27H32F6N6O2/c1-24(2,38-22(40)20-9-5-18(6-10-20)13-34-36-16-26(28,29)30)15-25(3,4)39-23(41)21-11-7-19(8-12-21)14-35-37-17-27(31,32)33/h5-12H,13-17H2,1-4H3,(H,38,40)(H,39,41). The van der Waals surface area contributed by atoms with Crippen molar-refractivity contribution < 1.29 is 35.9 Å². The van der Waals surface area contributed by atoms with Crippen LogP contribution in [0, 0.1) is 0 Å². The summed E-state index contributed by atoms with van der Waals surface area (Å²) in [4.78, 5) is 25.6. The predicted octanol–water partition coefficient (Wildman–Crippen LogP) is 6.82. The van der Waals surface area contributed by atoms with Crippen LogP contribution in [0.3, 0.4) is 0 Å². The van der Waals surface area contributed by atoms with Gasteiger partial charge in [0, 0.05) is 22.2 Å². The number of alkyl halides is 6. The summed E-state index contributed by atoms with van der Waals surface area (Å²) in [5.74, 6) is -0.740. The van der Waals surface area contributed by atoms with Crippen LogP contribution in [-0.4, -0.2) is 48.3 Å². The van der Waals surface area contributed by atoms with E-state index in [0.717, 1.165) is 0 Å². The van der Waals surface area contributed by atoms with Crippen molar-refractivity contribution in [2.45, 2.75) is 70.6 Å². The van der Waals surface area contributed by atoms with Crippen molar-refractivity contribution >= 4 is 11.8 Å². The molecule has 0 unspecified atom stereocenters. The fourth-order valence-corrected chi connectivity index (χ4v) is 4.00. The lowest BCUT2D eigenvalue weighted by Crippen LogP contribution is -2.53. The zero-order valence-electron chi connectivity index (χ0n) is 23.0. The molecular weight excluding hydrogens is 554 g/mol. The van der Waals surface area contributed by atoms with Gasteiger partial charge in [-0.15, -0.1) is 0 Å². The molecule has 0 atom stereocenters. The summed E-state index contributed by atoms with van der Waals surface area (Å²) in [6.45, 7) is 4.41. The molecule has 14 heteroatoms. The lowest BCUT2D eigenvalue weighted by atomic mass is 9.86. The highest BCUT2D eigenvalue weighted by Crippen LogP contribution is 2.22. The fourth-order valence-electron chi connectivity index (χ4n) is 4.00. The quantitative estimate of drug-likeness (QED) is 0.210. The second kappa shape index (κ2) is 13.7. The van der Waals surface area contributed by atoms with Crippen molar-refractivity contribution in [1.82, 2.24) is 10.6 Å². The van der Waals surface area contributed by atoms with Crippen LogP contribution in [0.25, 0.3) is 0 Å². The molecule has 8 nitrogen and oxygen atoms in total. The highest BCUT2D eigenvalue weighted by Gasteiger charge is 2.32. The van der Waals surface area contributed by atoms with Crippen LogP contribution < -0.4 is 10.6 Å². The number of hydrogen-bond acceptors (Lipinski definition) is 6. The van der Waals surface area contributed by atoms with E-state index < -0.39 is 36.5 Å². The maximum atomic E-state index is 12.8. The van der Waals surface area contributed by atoms with Gasteiger partial charge in [-0.1, -0.05) is 24.3 Å². The molecule has 0 radical (unpaired) electrons. The summed E-state index contributed by atoms with van der Waals surface area (Å²) in [5.41, 5.74) is 0.375. The number of rotatable bonds is 12. The van der Waals surface area contributed by atoms with Crippen molar-refractivity contribution in [2.75, 3.05) is 13.1 Å². The third-order valence-corrected chi connectivity index (χ3v) is 5.43. The molecule has 0 aliphatic carbocycles. The zero-order chi connectivity index (χ0) is 30.9. The first kappa shape index (κ1) is 33.4. The fraction of sp³-hybridized carbons (Fsp3) is 0.481. The van der Waals surface area contributed by atoms with E-state index in [1.54, 1.807) is 52.0 Å². The summed E-state index contributed by atoms with van der Waals surface area (Å²) >= 11 is 0. The normalized spacial score (nSPS) is 13.1. The van der Waals surface area contributed by atoms with Crippen LogP contribution in [0.5, 0.6) is 0 Å². The van der Waals surface area contributed by atoms with Gasteiger partial charge in [0.15, 0.2) is 13.1 Å². The van der Waals surface area contributed by atoms with Gasteiger partial charge in [-0.2, -0.15) is 46.8 Å². The Bertz CT molecular complexity index is 1130. The number of azo groups is 2. The van der Waals surface area contributed by atoms with E-state index >= 15 is 0 Å². The van der Waals surface area contributed by atoms with E-state index in [4.69, 9.17) is 0 Å². The third-order valence-electron chi connectivity index (χ3n) is 5.43. The minimum Gasteiger partial charge on any atom is -0.347 e. The van der Waals surface area contributed by atoms with Gasteiger partial charge in [-0.3, -0.25) is 9.59 Å². The average Bonchev–Trinajstić information content (AvgIpc) is 2.82. The molecule has 224 valence electrons. The van der Waals surface area contributed by atoms with Gasteiger partial charge >= 0.3 is 12.4 Å². The molecule has 2 rings (SSSR count). The van der Waals surface area contributed by atoms with E-state index in [1.165, 1.54) is 24.3 Å². The lowest BCUT2D eigenvalue weighted by molar-refractivity contribution is -0.120. The minimum atomic E-state index is -4.41. The molecule has 2 amide bonds. The summed E-state index contributed by atoms with van der Waals surface area (Å²) in [6, 6.07) is 12.5. The van der Waals surface area contributed by atoms with E-state index in [2.05, 4.69) is 31.1 Å². The third kappa shape index (κ3) is 13.4. The van der Waals surface area contributed by atoms with Crippen molar-refractivity contribution in [3.63, 3.8) is 0 Å². The van der Waals surface area contributed by atoms with Crippen LogP contribution in [0.15, 0.2) is 69.0 Å². The SMILES string of the molecule is CC(C)(CC(C)(C)NC(=O)c1ccc(CN=NCC(F)(F)F)cc1)NC(=O)c1ccc(CN=NCC(F)(F)F)cc1.